The lowest BCUT2D eigenvalue weighted by molar-refractivity contribution is 0.0948. The lowest BCUT2D eigenvalue weighted by atomic mass is 10.3. The molecule has 1 aromatic carbocycles. The van der Waals surface area contributed by atoms with Crippen molar-refractivity contribution in [3.63, 3.8) is 0 Å². The third-order valence-corrected chi connectivity index (χ3v) is 3.38. The van der Waals surface area contributed by atoms with E-state index in [1.165, 1.54) is 23.9 Å². The van der Waals surface area contributed by atoms with Gasteiger partial charge in [-0.1, -0.05) is 12.1 Å². The number of carbonyl (C=O) groups excluding carboxylic acids is 1. The number of nitrogens with zero attached hydrogens (tertiary/aromatic N) is 1. The Bertz CT molecular complexity index is 592. The van der Waals surface area contributed by atoms with Gasteiger partial charge in [-0.15, -0.1) is 11.8 Å². The summed E-state index contributed by atoms with van der Waals surface area (Å²) in [7, 11) is 0. The lowest BCUT2D eigenvalue weighted by Crippen LogP contribution is -2.30. The maximum atomic E-state index is 13.0. The predicted molar refractivity (Wildman–Crippen MR) is 71.9 cm³/mol. The van der Waals surface area contributed by atoms with Crippen LogP contribution in [-0.4, -0.2) is 10.9 Å². The molecule has 0 saturated carbocycles. The molecule has 19 heavy (non-hydrogen) atoms. The first-order valence-electron chi connectivity index (χ1n) is 5.54. The Morgan fingerprint density at radius 3 is 2.84 bits per heavy atom. The molecule has 1 aromatic heterocycles. The van der Waals surface area contributed by atoms with Crippen LogP contribution in [-0.2, 0) is 5.75 Å². The van der Waals surface area contributed by atoms with Gasteiger partial charge in [-0.2, -0.15) is 0 Å². The second kappa shape index (κ2) is 6.31. The SMILES string of the molecule is NNC(=O)c1cccc(CSc2cccc(F)c2)n1. The molecule has 0 aliphatic carbocycles. The van der Waals surface area contributed by atoms with E-state index in [4.69, 9.17) is 5.84 Å². The molecule has 1 heterocycles. The Hall–Kier alpha value is -1.92. The predicted octanol–water partition coefficient (Wildman–Crippen LogP) is 2.12. The summed E-state index contributed by atoms with van der Waals surface area (Å²) in [6.45, 7) is 0. The standard InChI is InChI=1S/C13H12FN3OS/c14-9-3-1-5-11(7-9)19-8-10-4-2-6-12(16-10)13(18)17-15/h1-7H,8,15H2,(H,17,18). The van der Waals surface area contributed by atoms with Crippen LogP contribution < -0.4 is 11.3 Å². The van der Waals surface area contributed by atoms with E-state index in [-0.39, 0.29) is 11.5 Å². The van der Waals surface area contributed by atoms with Gasteiger partial charge in [0.15, 0.2) is 0 Å². The number of hydrazine groups is 1. The van der Waals surface area contributed by atoms with Crippen molar-refractivity contribution < 1.29 is 9.18 Å². The smallest absolute Gasteiger partial charge is 0.283 e. The van der Waals surface area contributed by atoms with Crippen LogP contribution in [0.2, 0.25) is 0 Å². The van der Waals surface area contributed by atoms with Crippen molar-refractivity contribution in [2.24, 2.45) is 5.84 Å². The minimum Gasteiger partial charge on any atom is -0.289 e. The molecule has 0 radical (unpaired) electrons. The molecule has 1 amide bonds. The summed E-state index contributed by atoms with van der Waals surface area (Å²) < 4.78 is 13.0. The highest BCUT2D eigenvalue weighted by Gasteiger charge is 2.06. The fourth-order valence-electron chi connectivity index (χ4n) is 1.47. The Labute approximate surface area is 114 Å². The van der Waals surface area contributed by atoms with Crippen LogP contribution in [0, 0.1) is 5.82 Å². The van der Waals surface area contributed by atoms with Gasteiger partial charge in [0, 0.05) is 10.6 Å². The van der Waals surface area contributed by atoms with Gasteiger partial charge < -0.3 is 0 Å². The topological polar surface area (TPSA) is 68.0 Å². The molecule has 0 fully saturated rings. The maximum Gasteiger partial charge on any atom is 0.283 e. The molecule has 2 rings (SSSR count). The number of nitrogens with one attached hydrogen (secondary N) is 1. The number of nitrogens with two attached hydrogens (primary N) is 1. The van der Waals surface area contributed by atoms with Crippen LogP contribution >= 0.6 is 11.8 Å². The molecule has 0 bridgehead atoms. The van der Waals surface area contributed by atoms with Crippen molar-refractivity contribution in [1.29, 1.82) is 0 Å². The molecule has 0 atom stereocenters. The van der Waals surface area contributed by atoms with Gasteiger partial charge in [-0.25, -0.2) is 15.2 Å². The normalized spacial score (nSPS) is 10.2. The molecule has 2 aromatic rings. The highest BCUT2D eigenvalue weighted by Crippen LogP contribution is 2.22. The minimum atomic E-state index is -0.433. The zero-order valence-corrected chi connectivity index (χ0v) is 10.8. The number of aromatic nitrogens is 1. The van der Waals surface area contributed by atoms with Crippen LogP contribution in [0.25, 0.3) is 0 Å². The van der Waals surface area contributed by atoms with Gasteiger partial charge in [0.05, 0.1) is 5.69 Å². The number of pyridine rings is 1. The minimum absolute atomic E-state index is 0.264. The number of thioether (sulfide) groups is 1. The molecule has 98 valence electrons. The molecule has 0 spiro atoms. The fourth-order valence-corrected chi connectivity index (χ4v) is 2.32. The third kappa shape index (κ3) is 3.77. The van der Waals surface area contributed by atoms with E-state index in [2.05, 4.69) is 4.98 Å². The molecular formula is C13H12FN3OS. The van der Waals surface area contributed by atoms with E-state index in [1.54, 1.807) is 24.3 Å². The second-order valence-electron chi connectivity index (χ2n) is 3.73. The molecule has 0 saturated heterocycles. The highest BCUT2D eigenvalue weighted by molar-refractivity contribution is 7.98. The zero-order valence-electron chi connectivity index (χ0n) is 9.97. The molecule has 0 aliphatic heterocycles. The Kier molecular flexibility index (Phi) is 4.48. The van der Waals surface area contributed by atoms with Crippen molar-refractivity contribution in [2.45, 2.75) is 10.6 Å². The van der Waals surface area contributed by atoms with Gasteiger partial charge in [0.1, 0.15) is 11.5 Å². The number of hydrogen-bond acceptors (Lipinski definition) is 4. The average Bonchev–Trinajstić information content (AvgIpc) is 2.45. The number of nitrogen functional groups attached to an aromatic ring is 1. The van der Waals surface area contributed by atoms with Crippen molar-refractivity contribution in [1.82, 2.24) is 10.4 Å². The van der Waals surface area contributed by atoms with E-state index < -0.39 is 5.91 Å². The second-order valence-corrected chi connectivity index (χ2v) is 4.78. The van der Waals surface area contributed by atoms with Gasteiger partial charge in [0.25, 0.3) is 5.91 Å². The Morgan fingerprint density at radius 1 is 1.32 bits per heavy atom. The molecule has 6 heteroatoms. The molecule has 3 N–H and O–H groups in total. The lowest BCUT2D eigenvalue weighted by Gasteiger charge is -2.04. The van der Waals surface area contributed by atoms with Crippen LogP contribution in [0.5, 0.6) is 0 Å². The number of rotatable bonds is 4. The summed E-state index contributed by atoms with van der Waals surface area (Å²) in [5.41, 5.74) is 3.03. The summed E-state index contributed by atoms with van der Waals surface area (Å²) in [5.74, 6) is 4.90. The average molecular weight is 277 g/mol. The first-order valence-corrected chi connectivity index (χ1v) is 6.53. The monoisotopic (exact) mass is 277 g/mol. The molecule has 0 unspecified atom stereocenters. The van der Waals surface area contributed by atoms with E-state index >= 15 is 0 Å². The van der Waals surface area contributed by atoms with E-state index in [0.29, 0.717) is 5.75 Å². The van der Waals surface area contributed by atoms with Crippen LogP contribution in [0.4, 0.5) is 4.39 Å². The highest BCUT2D eigenvalue weighted by atomic mass is 32.2. The molecular weight excluding hydrogens is 265 g/mol. The van der Waals surface area contributed by atoms with Crippen LogP contribution in [0.15, 0.2) is 47.4 Å². The number of carbonyl (C=O) groups is 1. The first-order chi connectivity index (χ1) is 9.19. The van der Waals surface area contributed by atoms with E-state index in [1.807, 2.05) is 11.5 Å². The number of benzene rings is 1. The molecule has 0 aliphatic rings. The van der Waals surface area contributed by atoms with Crippen molar-refractivity contribution in [2.75, 3.05) is 0 Å². The Morgan fingerprint density at radius 2 is 2.11 bits per heavy atom. The van der Waals surface area contributed by atoms with E-state index in [9.17, 15) is 9.18 Å². The maximum absolute atomic E-state index is 13.0. The summed E-state index contributed by atoms with van der Waals surface area (Å²) in [4.78, 5) is 16.3. The summed E-state index contributed by atoms with van der Waals surface area (Å²) in [5, 5.41) is 0. The number of hydrogen-bond donors (Lipinski definition) is 2. The van der Waals surface area contributed by atoms with Crippen LogP contribution in [0.3, 0.4) is 0 Å². The van der Waals surface area contributed by atoms with Gasteiger partial charge in [-0.3, -0.25) is 10.2 Å². The summed E-state index contributed by atoms with van der Waals surface area (Å²) >= 11 is 1.45. The van der Waals surface area contributed by atoms with Gasteiger partial charge in [0.2, 0.25) is 0 Å². The van der Waals surface area contributed by atoms with Crippen molar-refractivity contribution in [3.8, 4) is 0 Å². The fraction of sp³-hybridized carbons (Fsp3) is 0.0769. The third-order valence-electron chi connectivity index (χ3n) is 2.35. The first kappa shape index (κ1) is 13.5. The number of halogens is 1. The Balaban J connectivity index is 2.05. The molecule has 4 nitrogen and oxygen atoms in total. The zero-order chi connectivity index (χ0) is 13.7. The van der Waals surface area contributed by atoms with Crippen molar-refractivity contribution >= 4 is 17.7 Å². The number of amides is 1. The summed E-state index contributed by atoms with van der Waals surface area (Å²) in [6, 6.07) is 11.5. The quantitative estimate of drug-likeness (QED) is 0.389. The summed E-state index contributed by atoms with van der Waals surface area (Å²) in [6.07, 6.45) is 0. The van der Waals surface area contributed by atoms with Gasteiger partial charge >= 0.3 is 0 Å². The van der Waals surface area contributed by atoms with Crippen LogP contribution in [0.1, 0.15) is 16.2 Å². The van der Waals surface area contributed by atoms with Gasteiger partial charge in [-0.05, 0) is 30.3 Å². The largest absolute Gasteiger partial charge is 0.289 e. The van der Waals surface area contributed by atoms with Crippen molar-refractivity contribution in [3.05, 3.63) is 59.7 Å². The van der Waals surface area contributed by atoms with E-state index in [0.717, 1.165) is 10.6 Å².